The number of thiophene rings is 1. The fourth-order valence-electron chi connectivity index (χ4n) is 10.1. The summed E-state index contributed by atoms with van der Waals surface area (Å²) >= 11 is 9.50. The Kier molecular flexibility index (Phi) is 13.9. The van der Waals surface area contributed by atoms with Crippen LogP contribution in [-0.2, 0) is 14.4 Å². The lowest BCUT2D eigenvalue weighted by Crippen LogP contribution is -2.49. The lowest BCUT2D eigenvalue weighted by atomic mass is 9.89. The highest BCUT2D eigenvalue weighted by atomic mass is 35.5. The van der Waals surface area contributed by atoms with Crippen LogP contribution < -0.4 is 15.4 Å². The Bertz CT molecular complexity index is 3250. The van der Waals surface area contributed by atoms with Crippen molar-refractivity contribution in [3.8, 4) is 32.3 Å². The van der Waals surface area contributed by atoms with Crippen LogP contribution in [0.25, 0.3) is 26.6 Å². The highest BCUT2D eigenvalue weighted by molar-refractivity contribution is 7.15. The number of carbonyl (C=O) groups is 3. The van der Waals surface area contributed by atoms with E-state index < -0.39 is 30.0 Å². The van der Waals surface area contributed by atoms with Crippen molar-refractivity contribution >= 4 is 57.7 Å². The maximum atomic E-state index is 15.3. The van der Waals surface area contributed by atoms with Gasteiger partial charge in [0.15, 0.2) is 5.82 Å². The van der Waals surface area contributed by atoms with E-state index in [-0.39, 0.29) is 61.2 Å². The Morgan fingerprint density at radius 2 is 1.67 bits per heavy atom. The van der Waals surface area contributed by atoms with Crippen molar-refractivity contribution in [2.45, 2.75) is 117 Å². The highest BCUT2D eigenvalue weighted by Gasteiger charge is 2.43. The monoisotopic (exact) mass is 1040 g/mol. The van der Waals surface area contributed by atoms with Gasteiger partial charge in [-0.2, -0.15) is 5.10 Å². The molecule has 1 unspecified atom stereocenters. The fourth-order valence-corrected chi connectivity index (χ4v) is 12.2. The van der Waals surface area contributed by atoms with E-state index in [9.17, 15) is 19.5 Å². The van der Waals surface area contributed by atoms with Crippen LogP contribution in [0.3, 0.4) is 0 Å². The van der Waals surface area contributed by atoms with Crippen LogP contribution in [0.1, 0.15) is 109 Å². The van der Waals surface area contributed by atoms with E-state index in [2.05, 4.69) is 44.8 Å². The zero-order valence-corrected chi connectivity index (χ0v) is 43.9. The molecule has 3 N–H and O–H groups in total. The number of rotatable bonds is 14. The van der Waals surface area contributed by atoms with Gasteiger partial charge in [-0.15, -0.1) is 32.9 Å². The number of aliphatic imine (C=N–C) groups is 1. The number of aryl methyl sites for hydroxylation is 3. The van der Waals surface area contributed by atoms with E-state index >= 15 is 4.39 Å². The number of aliphatic hydroxyl groups is 1. The zero-order valence-electron chi connectivity index (χ0n) is 41.5. The topological polar surface area (TPSA) is 182 Å². The number of hydrogen-bond donors (Lipinski definition) is 3. The average molecular weight is 1040 g/mol. The summed E-state index contributed by atoms with van der Waals surface area (Å²) in [4.78, 5) is 55.3. The summed E-state index contributed by atoms with van der Waals surface area (Å²) in [6.07, 6.45) is 3.32. The first-order chi connectivity index (χ1) is 35.0. The molecule has 0 radical (unpaired) electrons. The maximum Gasteiger partial charge on any atom is 0.248 e. The van der Waals surface area contributed by atoms with Crippen LogP contribution in [-0.4, -0.2) is 93.8 Å². The molecule has 15 nitrogen and oxygen atoms in total. The van der Waals surface area contributed by atoms with Crippen molar-refractivity contribution in [3.05, 3.63) is 140 Å². The number of hydrogen-bond acceptors (Lipinski definition) is 12. The van der Waals surface area contributed by atoms with Crippen molar-refractivity contribution in [1.82, 2.24) is 45.1 Å². The first-order valence-electron chi connectivity index (χ1n) is 24.5. The number of nitrogens with one attached hydrogen (secondary N) is 2. The van der Waals surface area contributed by atoms with E-state index in [0.717, 1.165) is 54.0 Å². The molecule has 3 amide bonds. The van der Waals surface area contributed by atoms with Gasteiger partial charge in [0, 0.05) is 70.7 Å². The number of ether oxygens (including phenoxy) is 1. The van der Waals surface area contributed by atoms with Crippen molar-refractivity contribution in [2.75, 3.05) is 6.54 Å². The number of aliphatic hydroxyl groups excluding tert-OH is 1. The predicted octanol–water partition coefficient (Wildman–Crippen LogP) is 9.39. The number of likely N-dealkylation sites (tertiary alicyclic amines) is 1. The van der Waals surface area contributed by atoms with Crippen LogP contribution in [0.4, 0.5) is 4.39 Å². The number of benzene rings is 3. The Morgan fingerprint density at radius 1 is 0.932 bits per heavy atom. The Morgan fingerprint density at radius 3 is 2.38 bits per heavy atom. The zero-order chi connectivity index (χ0) is 51.4. The molecule has 1 saturated heterocycles. The molecule has 10 rings (SSSR count). The van der Waals surface area contributed by atoms with Gasteiger partial charge in [0.1, 0.15) is 46.6 Å². The molecular weight excluding hydrogens is 987 g/mol. The molecule has 5 atom stereocenters. The van der Waals surface area contributed by atoms with Gasteiger partial charge in [0.25, 0.3) is 0 Å². The summed E-state index contributed by atoms with van der Waals surface area (Å²) in [6.45, 7) is 13.7. The van der Waals surface area contributed by atoms with Crippen LogP contribution in [0, 0.1) is 39.4 Å². The van der Waals surface area contributed by atoms with E-state index in [1.54, 1.807) is 45.8 Å². The molecule has 3 aliphatic rings. The average Bonchev–Trinajstić information content (AvgIpc) is 4.19. The molecule has 2 fully saturated rings. The Balaban J connectivity index is 0.774. The van der Waals surface area contributed by atoms with E-state index in [1.165, 1.54) is 17.0 Å². The van der Waals surface area contributed by atoms with E-state index in [0.29, 0.717) is 46.4 Å². The number of carbonyl (C=O) groups excluding carboxylic acids is 3. The largest absolute Gasteiger partial charge is 0.490 e. The summed E-state index contributed by atoms with van der Waals surface area (Å²) in [6, 6.07) is 17.1. The number of fused-ring (bicyclic) bond motifs is 3. The van der Waals surface area contributed by atoms with Crippen LogP contribution in [0.15, 0.2) is 89.6 Å². The van der Waals surface area contributed by atoms with Gasteiger partial charge in [-0.3, -0.25) is 28.6 Å². The standard InChI is InChI=1S/C54H56ClFN10O5S2/c1-27(2)49(53(70)64-25-41(67)21-45(64)52(69)59-29(4)33-8-10-35(11-9-33)50-30(5)57-26-72-50)65-24-37(23-58-65)36-16-39(56)18-42(17-36)71-43-19-40(20-43)60-46(68)22-44-51-63-62-32(7)66(51)54-47(28(3)31(6)73-54)48(61-44)34-12-14-38(55)15-13-34/h8-18,23-24,26-27,29,40-41,43-45,49,67H,19-22,25H2,1-7H3,(H,59,69)(H,60,68)/t29-,40-,41+,43-,44-,45-,49?/m0/s1. The lowest BCUT2D eigenvalue weighted by Gasteiger charge is -2.36. The van der Waals surface area contributed by atoms with Crippen molar-refractivity contribution < 1.29 is 28.6 Å². The minimum atomic E-state index is -0.886. The smallest absolute Gasteiger partial charge is 0.248 e. The van der Waals surface area contributed by atoms with Gasteiger partial charge in [-0.25, -0.2) is 9.37 Å². The SMILES string of the molecule is Cc1ncsc1-c1ccc([C@H](C)NC(=O)[C@@H]2C[C@@H](O)CN2C(=O)C(C(C)C)n2cc(-c3cc(F)cc(O[C@H]4C[C@H](NC(=O)C[C@@H]5N=C(c6ccc(Cl)cc6)c6c(sc(C)c6C)-n6c(C)nnc65)C4)c3)cn2)cc1. The molecule has 378 valence electrons. The minimum absolute atomic E-state index is 0.00256. The number of amides is 3. The Hall–Kier alpha value is -6.60. The molecule has 4 aromatic heterocycles. The third kappa shape index (κ3) is 10.1. The number of halogens is 2. The molecule has 0 bridgehead atoms. The van der Waals surface area contributed by atoms with Crippen LogP contribution >= 0.6 is 34.3 Å². The Labute approximate surface area is 435 Å². The third-order valence-corrected chi connectivity index (χ3v) is 16.5. The summed E-state index contributed by atoms with van der Waals surface area (Å²) in [5.41, 5.74) is 9.55. The van der Waals surface area contributed by atoms with Gasteiger partial charge < -0.3 is 25.4 Å². The van der Waals surface area contributed by atoms with E-state index in [1.807, 2.05) is 93.2 Å². The summed E-state index contributed by atoms with van der Waals surface area (Å²) in [7, 11) is 0. The van der Waals surface area contributed by atoms with Crippen molar-refractivity contribution in [3.63, 3.8) is 0 Å². The second-order valence-corrected chi connectivity index (χ2v) is 22.2. The highest BCUT2D eigenvalue weighted by Crippen LogP contribution is 2.40. The van der Waals surface area contributed by atoms with Gasteiger partial charge in [-0.1, -0.05) is 61.8 Å². The second kappa shape index (κ2) is 20.4. The second-order valence-electron chi connectivity index (χ2n) is 19.7. The van der Waals surface area contributed by atoms with Crippen molar-refractivity contribution in [2.24, 2.45) is 10.9 Å². The lowest BCUT2D eigenvalue weighted by molar-refractivity contribution is -0.142. The summed E-state index contributed by atoms with van der Waals surface area (Å²) in [5, 5.41) is 32.1. The fraction of sp³-hybridized carbons (Fsp3) is 0.370. The van der Waals surface area contributed by atoms with Gasteiger partial charge >= 0.3 is 0 Å². The summed E-state index contributed by atoms with van der Waals surface area (Å²) < 4.78 is 25.1. The van der Waals surface area contributed by atoms with Gasteiger partial charge in [0.2, 0.25) is 17.7 Å². The first kappa shape index (κ1) is 50.0. The third-order valence-electron chi connectivity index (χ3n) is 14.1. The number of β-amino-alcohol motifs (C(OH)–C–C–N with tert-alkyl or cyclic N) is 1. The van der Waals surface area contributed by atoms with Gasteiger partial charge in [-0.05, 0) is 87.1 Å². The molecule has 6 heterocycles. The van der Waals surface area contributed by atoms with Gasteiger partial charge in [0.05, 0.1) is 46.6 Å². The summed E-state index contributed by atoms with van der Waals surface area (Å²) in [5.74, 6) is -0.0168. The van der Waals surface area contributed by atoms with Crippen molar-refractivity contribution in [1.29, 1.82) is 0 Å². The van der Waals surface area contributed by atoms with E-state index in [4.69, 9.17) is 21.3 Å². The number of aromatic nitrogens is 6. The molecule has 1 aliphatic carbocycles. The molecule has 73 heavy (non-hydrogen) atoms. The minimum Gasteiger partial charge on any atom is -0.490 e. The molecule has 2 aliphatic heterocycles. The molecule has 1 saturated carbocycles. The molecule has 3 aromatic carbocycles. The quantitative estimate of drug-likeness (QED) is 0.0956. The molecule has 7 aromatic rings. The molecular formula is C54H56ClFN10O5S2. The first-order valence-corrected chi connectivity index (χ1v) is 26.5. The molecule has 0 spiro atoms. The van der Waals surface area contributed by atoms with Crippen LogP contribution in [0.2, 0.25) is 5.02 Å². The normalized spacial score (nSPS) is 20.1. The number of nitrogens with zero attached hydrogens (tertiary/aromatic N) is 8. The predicted molar refractivity (Wildman–Crippen MR) is 280 cm³/mol. The maximum absolute atomic E-state index is 15.3. The molecule has 19 heteroatoms. The number of thiazole rings is 1. The van der Waals surface area contributed by atoms with Crippen LogP contribution in [0.5, 0.6) is 5.75 Å².